The highest BCUT2D eigenvalue weighted by Gasteiger charge is 2.41. The van der Waals surface area contributed by atoms with Gasteiger partial charge in [-0.25, -0.2) is 9.97 Å². The Labute approximate surface area is 163 Å². The quantitative estimate of drug-likeness (QED) is 0.792. The Kier molecular flexibility index (Phi) is 5.48. The summed E-state index contributed by atoms with van der Waals surface area (Å²) in [5.74, 6) is -1.22. The van der Waals surface area contributed by atoms with Crippen LogP contribution in [0.2, 0.25) is 0 Å². The number of fused-ring (bicyclic) bond motifs is 1. The molecule has 1 N–H and O–H groups in total. The van der Waals surface area contributed by atoms with Crippen molar-refractivity contribution < 1.29 is 24.2 Å². The highest BCUT2D eigenvalue weighted by molar-refractivity contribution is 5.83. The van der Waals surface area contributed by atoms with E-state index in [1.165, 1.54) is 14.2 Å². The van der Waals surface area contributed by atoms with Crippen molar-refractivity contribution in [2.75, 3.05) is 33.2 Å². The number of hydrogen-bond donors (Lipinski definition) is 1. The number of nitrogens with zero attached hydrogens (tertiary/aromatic N) is 3. The molecule has 2 aromatic rings. The lowest BCUT2D eigenvalue weighted by Gasteiger charge is -2.31. The first-order chi connectivity index (χ1) is 13.4. The summed E-state index contributed by atoms with van der Waals surface area (Å²) in [5.41, 5.74) is 1.95. The van der Waals surface area contributed by atoms with Crippen LogP contribution in [0, 0.1) is 11.8 Å². The van der Waals surface area contributed by atoms with E-state index in [1.54, 1.807) is 24.3 Å². The van der Waals surface area contributed by atoms with Gasteiger partial charge in [0.1, 0.15) is 11.6 Å². The first-order valence-electron chi connectivity index (χ1n) is 8.88. The molecule has 8 heteroatoms. The van der Waals surface area contributed by atoms with Gasteiger partial charge in [-0.05, 0) is 18.6 Å². The van der Waals surface area contributed by atoms with Crippen LogP contribution in [-0.2, 0) is 31.9 Å². The number of rotatable bonds is 4. The molecule has 28 heavy (non-hydrogen) atoms. The fraction of sp³-hybridized carbons (Fsp3) is 0.400. The molecule has 148 valence electrons. The Balaban J connectivity index is 2.15. The summed E-state index contributed by atoms with van der Waals surface area (Å²) >= 11 is 0. The summed E-state index contributed by atoms with van der Waals surface area (Å²) in [6.07, 6.45) is 0.502. The van der Waals surface area contributed by atoms with Gasteiger partial charge in [-0.2, -0.15) is 0 Å². The van der Waals surface area contributed by atoms with Gasteiger partial charge in [0, 0.05) is 26.1 Å². The van der Waals surface area contributed by atoms with E-state index in [0.717, 1.165) is 5.56 Å². The lowest BCUT2D eigenvalue weighted by Crippen LogP contribution is -2.39. The molecule has 2 atom stereocenters. The third-order valence-electron chi connectivity index (χ3n) is 4.97. The number of benzene rings is 1. The molecule has 2 unspecified atom stereocenters. The van der Waals surface area contributed by atoms with Gasteiger partial charge in [-0.15, -0.1) is 0 Å². The zero-order chi connectivity index (χ0) is 20.4. The van der Waals surface area contributed by atoms with E-state index in [0.29, 0.717) is 22.9 Å². The SMILES string of the molecule is COC(=O)C1Cc2nc(-c3ccccc3O)nc(N(C)C)c2CC1C(=O)OC. The number of methoxy groups -OCH3 is 2. The molecule has 0 saturated heterocycles. The number of para-hydroxylation sites is 1. The van der Waals surface area contributed by atoms with Gasteiger partial charge in [0.2, 0.25) is 0 Å². The number of carbonyl (C=O) groups is 2. The standard InChI is InChI=1S/C20H23N3O5/c1-23(2)18-14-9-12(19(25)27-3)13(20(26)28-4)10-15(14)21-17(22-18)11-7-5-6-8-16(11)24/h5-8,12-13,24H,9-10H2,1-4H3. The highest BCUT2D eigenvalue weighted by Crippen LogP contribution is 2.37. The summed E-state index contributed by atoms with van der Waals surface area (Å²) in [5, 5.41) is 10.2. The topological polar surface area (TPSA) is 102 Å². The van der Waals surface area contributed by atoms with Gasteiger partial charge in [0.25, 0.3) is 0 Å². The lowest BCUT2D eigenvalue weighted by atomic mass is 9.77. The van der Waals surface area contributed by atoms with Crippen molar-refractivity contribution in [3.8, 4) is 17.1 Å². The molecule has 0 bridgehead atoms. The van der Waals surface area contributed by atoms with Crippen molar-refractivity contribution in [2.45, 2.75) is 12.8 Å². The van der Waals surface area contributed by atoms with Crippen LogP contribution in [0.15, 0.2) is 24.3 Å². The summed E-state index contributed by atoms with van der Waals surface area (Å²) in [7, 11) is 6.29. The average Bonchev–Trinajstić information content (AvgIpc) is 2.70. The maximum Gasteiger partial charge on any atom is 0.309 e. The Morgan fingerprint density at radius 3 is 2.21 bits per heavy atom. The number of phenols is 1. The van der Waals surface area contributed by atoms with E-state index < -0.39 is 23.8 Å². The van der Waals surface area contributed by atoms with Crippen molar-refractivity contribution >= 4 is 17.8 Å². The monoisotopic (exact) mass is 385 g/mol. The third-order valence-corrected chi connectivity index (χ3v) is 4.97. The first-order valence-corrected chi connectivity index (χ1v) is 8.88. The second-order valence-corrected chi connectivity index (χ2v) is 6.88. The van der Waals surface area contributed by atoms with E-state index in [1.807, 2.05) is 19.0 Å². The maximum absolute atomic E-state index is 12.3. The van der Waals surface area contributed by atoms with Crippen molar-refractivity contribution in [1.29, 1.82) is 0 Å². The molecule has 0 radical (unpaired) electrons. The molecular formula is C20H23N3O5. The van der Waals surface area contributed by atoms with Crippen LogP contribution in [0.4, 0.5) is 5.82 Å². The molecule has 0 fully saturated rings. The zero-order valence-electron chi connectivity index (χ0n) is 16.3. The Hall–Kier alpha value is -3.16. The van der Waals surface area contributed by atoms with Crippen molar-refractivity contribution in [3.05, 3.63) is 35.5 Å². The van der Waals surface area contributed by atoms with Gasteiger partial charge in [0.15, 0.2) is 5.82 Å². The molecule has 1 aliphatic carbocycles. The molecule has 1 aromatic carbocycles. The molecule has 8 nitrogen and oxygen atoms in total. The normalized spacial score (nSPS) is 18.1. The summed E-state index contributed by atoms with van der Waals surface area (Å²) < 4.78 is 9.81. The fourth-order valence-electron chi connectivity index (χ4n) is 3.56. The number of phenolic OH excluding ortho intramolecular Hbond substituents is 1. The van der Waals surface area contributed by atoms with Crippen LogP contribution in [0.1, 0.15) is 11.3 Å². The van der Waals surface area contributed by atoms with Gasteiger partial charge in [-0.1, -0.05) is 12.1 Å². The van der Waals surface area contributed by atoms with Crippen LogP contribution in [-0.4, -0.2) is 55.3 Å². The van der Waals surface area contributed by atoms with Crippen LogP contribution < -0.4 is 4.90 Å². The minimum Gasteiger partial charge on any atom is -0.507 e. The zero-order valence-corrected chi connectivity index (χ0v) is 16.3. The minimum atomic E-state index is -0.688. The van der Waals surface area contributed by atoms with Crippen molar-refractivity contribution in [1.82, 2.24) is 9.97 Å². The summed E-state index contributed by atoms with van der Waals surface area (Å²) in [6, 6.07) is 6.81. The third kappa shape index (κ3) is 3.49. The molecule has 3 rings (SSSR count). The molecule has 0 spiro atoms. The van der Waals surface area contributed by atoms with Crippen molar-refractivity contribution in [3.63, 3.8) is 0 Å². The minimum absolute atomic E-state index is 0.0694. The molecule has 0 aliphatic heterocycles. The second-order valence-electron chi connectivity index (χ2n) is 6.88. The number of aromatic nitrogens is 2. The molecule has 0 amide bonds. The van der Waals surface area contributed by atoms with Crippen LogP contribution in [0.3, 0.4) is 0 Å². The number of ether oxygens (including phenoxy) is 2. The molecular weight excluding hydrogens is 362 g/mol. The largest absolute Gasteiger partial charge is 0.507 e. The Morgan fingerprint density at radius 1 is 1.04 bits per heavy atom. The lowest BCUT2D eigenvalue weighted by molar-refractivity contribution is -0.158. The van der Waals surface area contributed by atoms with E-state index in [9.17, 15) is 14.7 Å². The predicted octanol–water partition coefficient (Wildman–Crippen LogP) is 1.59. The predicted molar refractivity (Wildman–Crippen MR) is 102 cm³/mol. The first kappa shape index (κ1) is 19.6. The summed E-state index contributed by atoms with van der Waals surface area (Å²) in [4.78, 5) is 35.7. The van der Waals surface area contributed by atoms with E-state index in [4.69, 9.17) is 9.47 Å². The highest BCUT2D eigenvalue weighted by atomic mass is 16.5. The number of esters is 2. The molecule has 1 heterocycles. The van der Waals surface area contributed by atoms with E-state index >= 15 is 0 Å². The fourth-order valence-corrected chi connectivity index (χ4v) is 3.56. The van der Waals surface area contributed by atoms with Gasteiger partial charge < -0.3 is 19.5 Å². The van der Waals surface area contributed by atoms with Crippen LogP contribution in [0.5, 0.6) is 5.75 Å². The Morgan fingerprint density at radius 2 is 1.64 bits per heavy atom. The molecule has 0 saturated carbocycles. The van der Waals surface area contributed by atoms with Gasteiger partial charge >= 0.3 is 11.9 Å². The van der Waals surface area contributed by atoms with Gasteiger partial charge in [0.05, 0.1) is 37.3 Å². The number of aromatic hydroxyl groups is 1. The molecule has 1 aliphatic rings. The van der Waals surface area contributed by atoms with Crippen LogP contribution >= 0.6 is 0 Å². The van der Waals surface area contributed by atoms with Crippen LogP contribution in [0.25, 0.3) is 11.4 Å². The maximum atomic E-state index is 12.3. The van der Waals surface area contributed by atoms with E-state index in [-0.39, 0.29) is 18.6 Å². The number of hydrogen-bond acceptors (Lipinski definition) is 8. The average molecular weight is 385 g/mol. The smallest absolute Gasteiger partial charge is 0.309 e. The van der Waals surface area contributed by atoms with E-state index in [2.05, 4.69) is 9.97 Å². The number of anilines is 1. The number of carbonyl (C=O) groups excluding carboxylic acids is 2. The second kappa shape index (κ2) is 7.84. The Bertz CT molecular complexity index is 913. The van der Waals surface area contributed by atoms with Crippen molar-refractivity contribution in [2.24, 2.45) is 11.8 Å². The van der Waals surface area contributed by atoms with Gasteiger partial charge in [-0.3, -0.25) is 9.59 Å². The molecule has 1 aromatic heterocycles. The summed E-state index contributed by atoms with van der Waals surface area (Å²) in [6.45, 7) is 0.